The summed E-state index contributed by atoms with van der Waals surface area (Å²) in [6.45, 7) is 1.80. The number of H-pyrrole nitrogens is 1. The maximum atomic E-state index is 11.9. The predicted octanol–water partition coefficient (Wildman–Crippen LogP) is 0.837. The van der Waals surface area contributed by atoms with Crippen molar-refractivity contribution in [3.8, 4) is 0 Å². The van der Waals surface area contributed by atoms with Gasteiger partial charge in [-0.2, -0.15) is 0 Å². The normalized spacial score (nSPS) is 11.2. The zero-order valence-corrected chi connectivity index (χ0v) is 13.3. The summed E-state index contributed by atoms with van der Waals surface area (Å²) in [5, 5.41) is 7.74. The smallest absolute Gasteiger partial charge is 0.267 e. The van der Waals surface area contributed by atoms with Gasteiger partial charge in [-0.25, -0.2) is 13.6 Å². The van der Waals surface area contributed by atoms with Crippen LogP contribution < -0.4 is 10.5 Å². The average Bonchev–Trinajstić information content (AvgIpc) is 2.97. The van der Waals surface area contributed by atoms with Crippen LogP contribution in [0.1, 0.15) is 33.3 Å². The average molecular weight is 335 g/mol. The van der Waals surface area contributed by atoms with Crippen LogP contribution in [0.25, 0.3) is 0 Å². The molecule has 0 atom stereocenters. The van der Waals surface area contributed by atoms with Gasteiger partial charge in [-0.15, -0.1) is 0 Å². The van der Waals surface area contributed by atoms with Crippen LogP contribution in [0, 0.1) is 0 Å². The molecule has 2 aromatic rings. The first kappa shape index (κ1) is 16.9. The van der Waals surface area contributed by atoms with Gasteiger partial charge in [-0.3, -0.25) is 9.59 Å². The maximum absolute atomic E-state index is 11.9. The molecule has 1 amide bonds. The van der Waals surface area contributed by atoms with Gasteiger partial charge in [-0.05, 0) is 37.1 Å². The summed E-state index contributed by atoms with van der Waals surface area (Å²) in [4.78, 5) is 25.9. The monoisotopic (exact) mass is 335 g/mol. The second kappa shape index (κ2) is 6.76. The molecule has 0 spiro atoms. The van der Waals surface area contributed by atoms with E-state index < -0.39 is 10.0 Å². The van der Waals surface area contributed by atoms with Gasteiger partial charge in [0.1, 0.15) is 5.69 Å². The maximum Gasteiger partial charge on any atom is 0.267 e. The highest BCUT2D eigenvalue weighted by molar-refractivity contribution is 7.89. The molecule has 4 N–H and O–H groups in total. The molecule has 23 heavy (non-hydrogen) atoms. The molecule has 7 nitrogen and oxygen atoms in total. The molecule has 0 fully saturated rings. The molecule has 1 heterocycles. The number of nitrogens with one attached hydrogen (secondary N) is 2. The Morgan fingerprint density at radius 3 is 2.39 bits per heavy atom. The van der Waals surface area contributed by atoms with E-state index in [-0.39, 0.29) is 16.6 Å². The lowest BCUT2D eigenvalue weighted by Crippen LogP contribution is -2.26. The van der Waals surface area contributed by atoms with Crippen molar-refractivity contribution in [2.75, 3.05) is 6.54 Å². The molecule has 122 valence electrons. The lowest BCUT2D eigenvalue weighted by Gasteiger charge is -2.05. The minimum Gasteiger partial charge on any atom is -0.356 e. The van der Waals surface area contributed by atoms with Gasteiger partial charge in [-0.1, -0.05) is 12.1 Å². The molecule has 8 heteroatoms. The van der Waals surface area contributed by atoms with Crippen molar-refractivity contribution >= 4 is 21.7 Å². The van der Waals surface area contributed by atoms with Gasteiger partial charge in [0.2, 0.25) is 10.0 Å². The number of aromatic amines is 1. The number of carbonyl (C=O) groups excluding carboxylic acids is 2. The fourth-order valence-corrected chi connectivity index (χ4v) is 2.51. The summed E-state index contributed by atoms with van der Waals surface area (Å²) < 4.78 is 22.3. The van der Waals surface area contributed by atoms with Gasteiger partial charge in [0.25, 0.3) is 5.91 Å². The Morgan fingerprint density at radius 1 is 1.22 bits per heavy atom. The number of hydrogen-bond acceptors (Lipinski definition) is 4. The number of ketones is 1. The van der Waals surface area contributed by atoms with E-state index in [9.17, 15) is 18.0 Å². The van der Waals surface area contributed by atoms with E-state index in [1.54, 1.807) is 12.1 Å². The highest BCUT2D eigenvalue weighted by Gasteiger charge is 2.10. The van der Waals surface area contributed by atoms with E-state index in [2.05, 4.69) is 10.3 Å². The molecule has 0 aliphatic carbocycles. The van der Waals surface area contributed by atoms with Gasteiger partial charge in [0, 0.05) is 18.3 Å². The van der Waals surface area contributed by atoms with Crippen LogP contribution in [0.5, 0.6) is 0 Å². The van der Waals surface area contributed by atoms with Crippen molar-refractivity contribution in [1.29, 1.82) is 0 Å². The summed E-state index contributed by atoms with van der Waals surface area (Å²) >= 11 is 0. The van der Waals surface area contributed by atoms with Crippen molar-refractivity contribution < 1.29 is 18.0 Å². The van der Waals surface area contributed by atoms with Crippen LogP contribution in [0.2, 0.25) is 0 Å². The summed E-state index contributed by atoms with van der Waals surface area (Å²) in [6, 6.07) is 7.65. The third kappa shape index (κ3) is 4.51. The topological polar surface area (TPSA) is 122 Å². The predicted molar refractivity (Wildman–Crippen MR) is 84.6 cm³/mol. The fourth-order valence-electron chi connectivity index (χ4n) is 1.99. The van der Waals surface area contributed by atoms with E-state index in [1.807, 2.05) is 0 Å². The molecule has 1 aromatic heterocycles. The zero-order chi connectivity index (χ0) is 17.0. The number of rotatable bonds is 6. The highest BCUT2D eigenvalue weighted by Crippen LogP contribution is 2.09. The molecule has 0 radical (unpaired) electrons. The first-order chi connectivity index (χ1) is 10.8. The Kier molecular flexibility index (Phi) is 4.97. The van der Waals surface area contributed by atoms with Gasteiger partial charge in [0.05, 0.1) is 4.90 Å². The van der Waals surface area contributed by atoms with Crippen molar-refractivity contribution in [2.24, 2.45) is 5.14 Å². The number of carbonyl (C=O) groups is 2. The molecule has 0 bridgehead atoms. The SMILES string of the molecule is CC(=O)c1c[nH]c(C(=O)NCCc2ccc(S(N)(=O)=O)cc2)c1. The Labute approximate surface area is 133 Å². The van der Waals surface area contributed by atoms with Crippen LogP contribution >= 0.6 is 0 Å². The zero-order valence-electron chi connectivity index (χ0n) is 12.5. The van der Waals surface area contributed by atoms with E-state index in [0.717, 1.165) is 5.56 Å². The number of nitrogens with two attached hydrogens (primary N) is 1. The van der Waals surface area contributed by atoms with Crippen LogP contribution in [0.15, 0.2) is 41.4 Å². The highest BCUT2D eigenvalue weighted by atomic mass is 32.2. The number of amides is 1. The molecule has 0 aliphatic heterocycles. The van der Waals surface area contributed by atoms with E-state index in [4.69, 9.17) is 5.14 Å². The van der Waals surface area contributed by atoms with Crippen molar-refractivity contribution in [3.63, 3.8) is 0 Å². The number of hydrogen-bond donors (Lipinski definition) is 3. The van der Waals surface area contributed by atoms with Crippen LogP contribution in [-0.4, -0.2) is 31.6 Å². The van der Waals surface area contributed by atoms with Crippen LogP contribution in [0.3, 0.4) is 0 Å². The van der Waals surface area contributed by atoms with Crippen LogP contribution in [-0.2, 0) is 16.4 Å². The summed E-state index contributed by atoms with van der Waals surface area (Å²) in [5.74, 6) is -0.422. The lowest BCUT2D eigenvalue weighted by atomic mass is 10.1. The first-order valence-corrected chi connectivity index (χ1v) is 8.41. The van der Waals surface area contributed by atoms with E-state index >= 15 is 0 Å². The van der Waals surface area contributed by atoms with Crippen molar-refractivity contribution in [2.45, 2.75) is 18.2 Å². The molecule has 2 rings (SSSR count). The molecule has 0 unspecified atom stereocenters. The number of Topliss-reactive ketones (excluding diaryl/α,β-unsaturated/α-hetero) is 1. The van der Waals surface area contributed by atoms with Gasteiger partial charge < -0.3 is 10.3 Å². The lowest BCUT2D eigenvalue weighted by molar-refractivity contribution is 0.0949. The first-order valence-electron chi connectivity index (χ1n) is 6.86. The molecule has 1 aromatic carbocycles. The summed E-state index contributed by atoms with van der Waals surface area (Å²) in [5.41, 5.74) is 1.64. The Morgan fingerprint density at radius 2 is 1.87 bits per heavy atom. The number of benzene rings is 1. The van der Waals surface area contributed by atoms with E-state index in [1.165, 1.54) is 31.3 Å². The Balaban J connectivity index is 1.89. The Bertz CT molecular complexity index is 823. The van der Waals surface area contributed by atoms with Gasteiger partial charge >= 0.3 is 0 Å². The molecule has 0 saturated carbocycles. The van der Waals surface area contributed by atoms with Crippen molar-refractivity contribution in [1.82, 2.24) is 10.3 Å². The third-order valence-electron chi connectivity index (χ3n) is 3.29. The quantitative estimate of drug-likeness (QED) is 0.677. The van der Waals surface area contributed by atoms with Crippen molar-refractivity contribution in [3.05, 3.63) is 53.3 Å². The summed E-state index contributed by atoms with van der Waals surface area (Å²) in [6.07, 6.45) is 2.03. The standard InChI is InChI=1S/C15H17N3O4S/c1-10(19)12-8-14(18-9-12)15(20)17-7-6-11-2-4-13(5-3-11)23(16,21)22/h2-5,8-9,18H,6-7H2,1H3,(H,17,20)(H2,16,21,22). The number of sulfonamides is 1. The second-order valence-electron chi connectivity index (χ2n) is 5.05. The molecule has 0 aliphatic rings. The molecular formula is C15H17N3O4S. The second-order valence-corrected chi connectivity index (χ2v) is 6.61. The molecule has 0 saturated heterocycles. The minimum atomic E-state index is -3.70. The summed E-state index contributed by atoms with van der Waals surface area (Å²) in [7, 11) is -3.70. The van der Waals surface area contributed by atoms with E-state index in [0.29, 0.717) is 24.2 Å². The molecular weight excluding hydrogens is 318 g/mol. The number of primary sulfonamides is 1. The minimum absolute atomic E-state index is 0.0495. The fraction of sp³-hybridized carbons (Fsp3) is 0.200. The Hall–Kier alpha value is -2.45. The third-order valence-corrected chi connectivity index (χ3v) is 4.21. The number of aromatic nitrogens is 1. The van der Waals surface area contributed by atoms with Crippen LogP contribution in [0.4, 0.5) is 0 Å². The largest absolute Gasteiger partial charge is 0.356 e. The van der Waals surface area contributed by atoms with Gasteiger partial charge in [0.15, 0.2) is 5.78 Å².